The van der Waals surface area contributed by atoms with Crippen LogP contribution in [-0.2, 0) is 11.3 Å². The quantitative estimate of drug-likeness (QED) is 0.705. The molecule has 2 amide bonds. The van der Waals surface area contributed by atoms with Gasteiger partial charge in [-0.25, -0.2) is 4.98 Å². The Hall–Kier alpha value is -3.06. The number of carbonyl (C=O) groups excluding carboxylic acids is 2. The van der Waals surface area contributed by atoms with Gasteiger partial charge in [0.25, 0.3) is 5.91 Å². The molecule has 3 aromatic rings. The van der Waals surface area contributed by atoms with Crippen molar-refractivity contribution >= 4 is 23.2 Å². The Balaban J connectivity index is 1.26. The van der Waals surface area contributed by atoms with Gasteiger partial charge in [0.05, 0.1) is 17.8 Å². The van der Waals surface area contributed by atoms with Crippen LogP contribution in [0.25, 0.3) is 10.6 Å². The third-order valence-corrected chi connectivity index (χ3v) is 6.02. The molecule has 6 nitrogen and oxygen atoms in total. The Morgan fingerprint density at radius 1 is 1.10 bits per heavy atom. The van der Waals surface area contributed by atoms with E-state index in [-0.39, 0.29) is 17.7 Å². The number of piperidine rings is 1. The van der Waals surface area contributed by atoms with Crippen LogP contribution in [0.3, 0.4) is 0 Å². The van der Waals surface area contributed by atoms with Gasteiger partial charge >= 0.3 is 0 Å². The first kappa shape index (κ1) is 19.3. The van der Waals surface area contributed by atoms with E-state index in [2.05, 4.69) is 15.3 Å². The molecule has 1 saturated heterocycles. The minimum Gasteiger partial charge on any atom is -0.350 e. The maximum Gasteiger partial charge on any atom is 0.255 e. The summed E-state index contributed by atoms with van der Waals surface area (Å²) >= 11 is 1.58. The molecule has 29 heavy (non-hydrogen) atoms. The number of aromatic nitrogens is 2. The molecule has 0 unspecified atom stereocenters. The van der Waals surface area contributed by atoms with E-state index in [0.29, 0.717) is 38.0 Å². The summed E-state index contributed by atoms with van der Waals surface area (Å²) < 4.78 is 0. The topological polar surface area (TPSA) is 75.2 Å². The standard InChI is InChI=1S/C22H22N4O2S/c27-20(24-14-19-15-29-21(25-19)17-5-2-1-3-6-17)16-8-11-26(12-9-16)22(28)18-7-4-10-23-13-18/h1-7,10,13,15-16H,8-9,11-12,14H2,(H,24,27). The number of nitrogens with one attached hydrogen (secondary N) is 1. The molecule has 1 aliphatic heterocycles. The molecule has 148 valence electrons. The minimum atomic E-state index is -0.0693. The molecule has 4 rings (SSSR count). The van der Waals surface area contributed by atoms with Crippen LogP contribution in [0, 0.1) is 5.92 Å². The summed E-state index contributed by atoms with van der Waals surface area (Å²) in [6.45, 7) is 1.60. The van der Waals surface area contributed by atoms with Gasteiger partial charge in [0, 0.05) is 42.3 Å². The van der Waals surface area contributed by atoms with Gasteiger partial charge in [-0.1, -0.05) is 30.3 Å². The Kier molecular flexibility index (Phi) is 5.95. The summed E-state index contributed by atoms with van der Waals surface area (Å²) in [6, 6.07) is 13.5. The van der Waals surface area contributed by atoms with Crippen molar-refractivity contribution in [2.24, 2.45) is 5.92 Å². The van der Waals surface area contributed by atoms with Crippen molar-refractivity contribution in [2.45, 2.75) is 19.4 Å². The molecule has 0 radical (unpaired) electrons. The number of amides is 2. The molecule has 1 aliphatic rings. The van der Waals surface area contributed by atoms with Crippen molar-refractivity contribution in [1.82, 2.24) is 20.2 Å². The third kappa shape index (κ3) is 4.68. The van der Waals surface area contributed by atoms with Crippen LogP contribution in [0.5, 0.6) is 0 Å². The fraction of sp³-hybridized carbons (Fsp3) is 0.273. The van der Waals surface area contributed by atoms with E-state index in [9.17, 15) is 9.59 Å². The molecule has 2 aromatic heterocycles. The summed E-state index contributed by atoms with van der Waals surface area (Å²) in [5, 5.41) is 5.94. The van der Waals surface area contributed by atoms with Gasteiger partial charge in [0.1, 0.15) is 5.01 Å². The Morgan fingerprint density at radius 3 is 2.62 bits per heavy atom. The summed E-state index contributed by atoms with van der Waals surface area (Å²) in [5.41, 5.74) is 2.54. The molecule has 3 heterocycles. The number of hydrogen-bond acceptors (Lipinski definition) is 5. The third-order valence-electron chi connectivity index (χ3n) is 5.08. The van der Waals surface area contributed by atoms with Gasteiger partial charge in [-0.2, -0.15) is 0 Å². The predicted octanol–water partition coefficient (Wildman–Crippen LogP) is 3.37. The lowest BCUT2D eigenvalue weighted by atomic mass is 9.95. The lowest BCUT2D eigenvalue weighted by molar-refractivity contribution is -0.126. The molecule has 1 fully saturated rings. The highest BCUT2D eigenvalue weighted by Crippen LogP contribution is 2.23. The van der Waals surface area contributed by atoms with Crippen molar-refractivity contribution in [3.63, 3.8) is 0 Å². The molecule has 0 bridgehead atoms. The smallest absolute Gasteiger partial charge is 0.255 e. The van der Waals surface area contributed by atoms with Crippen LogP contribution in [0.2, 0.25) is 0 Å². The van der Waals surface area contributed by atoms with Crippen molar-refractivity contribution < 1.29 is 9.59 Å². The van der Waals surface area contributed by atoms with E-state index in [0.717, 1.165) is 16.3 Å². The first-order valence-electron chi connectivity index (χ1n) is 9.67. The van der Waals surface area contributed by atoms with Gasteiger partial charge < -0.3 is 10.2 Å². The van der Waals surface area contributed by atoms with E-state index < -0.39 is 0 Å². The molecule has 0 aliphatic carbocycles. The number of benzene rings is 1. The first-order valence-corrected chi connectivity index (χ1v) is 10.6. The van der Waals surface area contributed by atoms with E-state index in [1.807, 2.05) is 35.7 Å². The zero-order valence-electron chi connectivity index (χ0n) is 16.0. The monoisotopic (exact) mass is 406 g/mol. The second-order valence-corrected chi connectivity index (χ2v) is 7.89. The molecule has 1 aromatic carbocycles. The number of likely N-dealkylation sites (tertiary alicyclic amines) is 1. The second kappa shape index (κ2) is 8.96. The summed E-state index contributed by atoms with van der Waals surface area (Å²) in [5.74, 6) is -0.0548. The number of hydrogen-bond donors (Lipinski definition) is 1. The summed E-state index contributed by atoms with van der Waals surface area (Å²) in [7, 11) is 0. The second-order valence-electron chi connectivity index (χ2n) is 7.04. The van der Waals surface area contributed by atoms with Crippen LogP contribution < -0.4 is 5.32 Å². The molecule has 7 heteroatoms. The van der Waals surface area contributed by atoms with Crippen molar-refractivity contribution in [3.05, 3.63) is 71.5 Å². The molecule has 0 spiro atoms. The van der Waals surface area contributed by atoms with Crippen LogP contribution >= 0.6 is 11.3 Å². The largest absolute Gasteiger partial charge is 0.350 e. The predicted molar refractivity (Wildman–Crippen MR) is 112 cm³/mol. The molecule has 0 atom stereocenters. The average Bonchev–Trinajstić information content (AvgIpc) is 3.27. The maximum absolute atomic E-state index is 12.5. The van der Waals surface area contributed by atoms with E-state index in [1.165, 1.54) is 0 Å². The maximum atomic E-state index is 12.5. The van der Waals surface area contributed by atoms with Crippen molar-refractivity contribution in [1.29, 1.82) is 0 Å². The lowest BCUT2D eigenvalue weighted by Gasteiger charge is -2.31. The highest BCUT2D eigenvalue weighted by molar-refractivity contribution is 7.13. The van der Waals surface area contributed by atoms with Crippen LogP contribution in [0.4, 0.5) is 0 Å². The van der Waals surface area contributed by atoms with Gasteiger partial charge in [0.15, 0.2) is 0 Å². The van der Waals surface area contributed by atoms with Gasteiger partial charge in [-0.05, 0) is 25.0 Å². The van der Waals surface area contributed by atoms with Crippen molar-refractivity contribution in [3.8, 4) is 10.6 Å². The van der Waals surface area contributed by atoms with Gasteiger partial charge in [-0.15, -0.1) is 11.3 Å². The van der Waals surface area contributed by atoms with Crippen LogP contribution in [0.15, 0.2) is 60.2 Å². The normalized spacial score (nSPS) is 14.6. The molecule has 0 saturated carbocycles. The number of thiazole rings is 1. The summed E-state index contributed by atoms with van der Waals surface area (Å²) in [6.07, 6.45) is 4.57. The van der Waals surface area contributed by atoms with Gasteiger partial charge in [0.2, 0.25) is 5.91 Å². The zero-order valence-corrected chi connectivity index (χ0v) is 16.8. The molecule has 1 N–H and O–H groups in total. The lowest BCUT2D eigenvalue weighted by Crippen LogP contribution is -2.43. The van der Waals surface area contributed by atoms with E-state index >= 15 is 0 Å². The minimum absolute atomic E-state index is 0.0205. The number of nitrogens with zero attached hydrogens (tertiary/aromatic N) is 3. The average molecular weight is 407 g/mol. The number of rotatable bonds is 5. The summed E-state index contributed by atoms with van der Waals surface area (Å²) in [4.78, 5) is 35.4. The number of carbonyl (C=O) groups is 2. The van der Waals surface area contributed by atoms with Gasteiger partial charge in [-0.3, -0.25) is 14.6 Å². The highest BCUT2D eigenvalue weighted by Gasteiger charge is 2.27. The Morgan fingerprint density at radius 2 is 1.90 bits per heavy atom. The van der Waals surface area contributed by atoms with E-state index in [4.69, 9.17) is 0 Å². The van der Waals surface area contributed by atoms with Crippen molar-refractivity contribution in [2.75, 3.05) is 13.1 Å². The Labute approximate surface area is 173 Å². The van der Waals surface area contributed by atoms with Crippen LogP contribution in [0.1, 0.15) is 28.9 Å². The Bertz CT molecular complexity index is 967. The SMILES string of the molecule is O=C(NCc1csc(-c2ccccc2)n1)C1CCN(C(=O)c2cccnc2)CC1. The molecular formula is C22H22N4O2S. The fourth-order valence-electron chi connectivity index (χ4n) is 3.44. The molecular weight excluding hydrogens is 384 g/mol. The first-order chi connectivity index (χ1) is 14.2. The van der Waals surface area contributed by atoms with Crippen LogP contribution in [-0.4, -0.2) is 39.8 Å². The van der Waals surface area contributed by atoms with E-state index in [1.54, 1.807) is 40.8 Å². The number of pyridine rings is 1. The fourth-order valence-corrected chi connectivity index (χ4v) is 4.27. The zero-order chi connectivity index (χ0) is 20.1. The highest BCUT2D eigenvalue weighted by atomic mass is 32.1.